The Hall–Kier alpha value is -2.24. The van der Waals surface area contributed by atoms with Crippen LogP contribution >= 0.6 is 0 Å². The molecule has 2 N–H and O–H groups in total. The number of hydrogen-bond acceptors (Lipinski definition) is 4. The highest BCUT2D eigenvalue weighted by Gasteiger charge is 2.16. The summed E-state index contributed by atoms with van der Waals surface area (Å²) in [6.07, 6.45) is 2.51. The molecule has 6 nitrogen and oxygen atoms in total. The van der Waals surface area contributed by atoms with E-state index in [2.05, 4.69) is 17.2 Å². The first-order chi connectivity index (χ1) is 9.13. The molecular formula is C13H18N2O4. The van der Waals surface area contributed by atoms with Gasteiger partial charge in [0.15, 0.2) is 0 Å². The molecule has 2 amide bonds. The van der Waals surface area contributed by atoms with Gasteiger partial charge in [0, 0.05) is 20.0 Å². The summed E-state index contributed by atoms with van der Waals surface area (Å²) in [5.74, 6) is 0.416. The molecule has 1 atom stereocenters. The first-order valence-electron chi connectivity index (χ1n) is 5.92. The lowest BCUT2D eigenvalue weighted by molar-refractivity contribution is -0.119. The van der Waals surface area contributed by atoms with E-state index in [-0.39, 0.29) is 18.4 Å². The standard InChI is InChI=1S/C13H18N2O4/c1-3-6-19-13(17)15-9-11(8-14-10(2)16)12-5-4-7-18-12/h3-5,7,11H,1,6,8-9H2,2H3,(H,14,16)(H,15,17). The number of nitrogens with one attached hydrogen (secondary N) is 2. The van der Waals surface area contributed by atoms with Crippen LogP contribution in [0.2, 0.25) is 0 Å². The van der Waals surface area contributed by atoms with E-state index in [4.69, 9.17) is 9.15 Å². The summed E-state index contributed by atoms with van der Waals surface area (Å²) in [4.78, 5) is 22.2. The first kappa shape index (κ1) is 14.8. The minimum Gasteiger partial charge on any atom is -0.469 e. The van der Waals surface area contributed by atoms with Gasteiger partial charge in [0.2, 0.25) is 5.91 Å². The van der Waals surface area contributed by atoms with Gasteiger partial charge < -0.3 is 19.8 Å². The second-order valence-corrected chi connectivity index (χ2v) is 3.92. The van der Waals surface area contributed by atoms with Crippen LogP contribution in [0.3, 0.4) is 0 Å². The van der Waals surface area contributed by atoms with Crippen LogP contribution in [0.4, 0.5) is 4.79 Å². The Balaban J connectivity index is 2.47. The molecule has 1 rings (SSSR count). The quantitative estimate of drug-likeness (QED) is 0.731. The Labute approximate surface area is 111 Å². The van der Waals surface area contributed by atoms with Gasteiger partial charge in [-0.15, -0.1) is 0 Å². The summed E-state index contributed by atoms with van der Waals surface area (Å²) in [6, 6.07) is 3.55. The topological polar surface area (TPSA) is 80.6 Å². The third-order valence-corrected chi connectivity index (χ3v) is 2.37. The molecule has 1 aromatic rings. The van der Waals surface area contributed by atoms with Crippen molar-refractivity contribution in [3.63, 3.8) is 0 Å². The number of furan rings is 1. The van der Waals surface area contributed by atoms with Crippen LogP contribution < -0.4 is 10.6 Å². The molecule has 0 aromatic carbocycles. The summed E-state index contributed by atoms with van der Waals surface area (Å²) in [5, 5.41) is 5.30. The van der Waals surface area contributed by atoms with Crippen molar-refractivity contribution in [2.24, 2.45) is 0 Å². The molecule has 0 fully saturated rings. The van der Waals surface area contributed by atoms with Crippen LogP contribution in [0.1, 0.15) is 18.6 Å². The zero-order valence-corrected chi connectivity index (χ0v) is 10.8. The Kier molecular flexibility index (Phi) is 6.21. The molecule has 1 aromatic heterocycles. The molecule has 1 unspecified atom stereocenters. The fourth-order valence-electron chi connectivity index (χ4n) is 1.46. The molecule has 1 heterocycles. The summed E-state index contributed by atoms with van der Waals surface area (Å²) in [7, 11) is 0. The number of amides is 2. The highest BCUT2D eigenvalue weighted by molar-refractivity contribution is 5.72. The van der Waals surface area contributed by atoms with Crippen molar-refractivity contribution < 1.29 is 18.7 Å². The van der Waals surface area contributed by atoms with Crippen molar-refractivity contribution in [2.75, 3.05) is 19.7 Å². The van der Waals surface area contributed by atoms with E-state index in [1.165, 1.54) is 13.0 Å². The lowest BCUT2D eigenvalue weighted by Crippen LogP contribution is -2.34. The summed E-state index contributed by atoms with van der Waals surface area (Å²) in [6.45, 7) is 5.73. The van der Waals surface area contributed by atoms with Gasteiger partial charge >= 0.3 is 6.09 Å². The van der Waals surface area contributed by atoms with Crippen LogP contribution in [-0.2, 0) is 9.53 Å². The van der Waals surface area contributed by atoms with Crippen LogP contribution in [0.15, 0.2) is 35.5 Å². The largest absolute Gasteiger partial charge is 0.469 e. The lowest BCUT2D eigenvalue weighted by Gasteiger charge is -2.15. The maximum Gasteiger partial charge on any atom is 0.407 e. The van der Waals surface area contributed by atoms with E-state index in [0.717, 1.165) is 0 Å². The van der Waals surface area contributed by atoms with Gasteiger partial charge in [0.25, 0.3) is 0 Å². The van der Waals surface area contributed by atoms with Crippen molar-refractivity contribution in [1.82, 2.24) is 10.6 Å². The lowest BCUT2D eigenvalue weighted by atomic mass is 10.1. The minimum atomic E-state index is -0.528. The molecule has 0 aliphatic rings. The summed E-state index contributed by atoms with van der Waals surface area (Å²) < 4.78 is 10.1. The van der Waals surface area contributed by atoms with E-state index in [9.17, 15) is 9.59 Å². The molecule has 104 valence electrons. The van der Waals surface area contributed by atoms with Crippen LogP contribution in [-0.4, -0.2) is 31.7 Å². The van der Waals surface area contributed by atoms with Crippen molar-refractivity contribution >= 4 is 12.0 Å². The maximum atomic E-state index is 11.3. The first-order valence-corrected chi connectivity index (χ1v) is 5.92. The Morgan fingerprint density at radius 2 is 2.21 bits per heavy atom. The molecule has 6 heteroatoms. The molecule has 0 saturated heterocycles. The molecule has 0 saturated carbocycles. The molecular weight excluding hydrogens is 248 g/mol. The molecule has 0 aliphatic carbocycles. The Bertz CT molecular complexity index is 414. The van der Waals surface area contributed by atoms with Crippen molar-refractivity contribution in [3.05, 3.63) is 36.8 Å². The molecule has 19 heavy (non-hydrogen) atoms. The van der Waals surface area contributed by atoms with Gasteiger partial charge in [0.05, 0.1) is 12.2 Å². The molecule has 0 radical (unpaired) electrons. The van der Waals surface area contributed by atoms with Crippen LogP contribution in [0, 0.1) is 0 Å². The fourth-order valence-corrected chi connectivity index (χ4v) is 1.46. The smallest absolute Gasteiger partial charge is 0.407 e. The van der Waals surface area contributed by atoms with Crippen molar-refractivity contribution in [3.8, 4) is 0 Å². The van der Waals surface area contributed by atoms with E-state index in [1.807, 2.05) is 0 Å². The third-order valence-electron chi connectivity index (χ3n) is 2.37. The molecule has 0 bridgehead atoms. The number of carbonyl (C=O) groups is 2. The monoisotopic (exact) mass is 266 g/mol. The Morgan fingerprint density at radius 1 is 1.47 bits per heavy atom. The van der Waals surface area contributed by atoms with Gasteiger partial charge in [-0.05, 0) is 12.1 Å². The Morgan fingerprint density at radius 3 is 2.79 bits per heavy atom. The number of hydrogen-bond donors (Lipinski definition) is 2. The number of rotatable bonds is 7. The van der Waals surface area contributed by atoms with Crippen molar-refractivity contribution in [2.45, 2.75) is 12.8 Å². The second-order valence-electron chi connectivity index (χ2n) is 3.92. The van der Waals surface area contributed by atoms with Gasteiger partial charge in [-0.2, -0.15) is 0 Å². The highest BCUT2D eigenvalue weighted by Crippen LogP contribution is 2.14. The average Bonchev–Trinajstić information content (AvgIpc) is 2.89. The third kappa shape index (κ3) is 5.76. The predicted octanol–water partition coefficient (Wildman–Crippen LogP) is 1.41. The zero-order valence-electron chi connectivity index (χ0n) is 10.8. The van der Waals surface area contributed by atoms with Gasteiger partial charge in [-0.3, -0.25) is 4.79 Å². The maximum absolute atomic E-state index is 11.3. The number of alkyl carbamates (subject to hydrolysis) is 1. The van der Waals surface area contributed by atoms with Gasteiger partial charge in [-0.25, -0.2) is 4.79 Å². The van der Waals surface area contributed by atoms with Crippen molar-refractivity contribution in [1.29, 1.82) is 0 Å². The van der Waals surface area contributed by atoms with Gasteiger partial charge in [0.1, 0.15) is 12.4 Å². The van der Waals surface area contributed by atoms with Crippen LogP contribution in [0.5, 0.6) is 0 Å². The van der Waals surface area contributed by atoms with E-state index in [1.54, 1.807) is 18.4 Å². The second kappa shape index (κ2) is 7.97. The zero-order chi connectivity index (χ0) is 14.1. The summed E-state index contributed by atoms with van der Waals surface area (Å²) >= 11 is 0. The van der Waals surface area contributed by atoms with E-state index in [0.29, 0.717) is 18.8 Å². The summed E-state index contributed by atoms with van der Waals surface area (Å²) in [5.41, 5.74) is 0. The van der Waals surface area contributed by atoms with E-state index < -0.39 is 6.09 Å². The number of carbonyl (C=O) groups excluding carboxylic acids is 2. The predicted molar refractivity (Wildman–Crippen MR) is 69.7 cm³/mol. The number of ether oxygens (including phenoxy) is 1. The normalized spacial score (nSPS) is 11.4. The average molecular weight is 266 g/mol. The highest BCUT2D eigenvalue weighted by atomic mass is 16.5. The molecule has 0 spiro atoms. The van der Waals surface area contributed by atoms with Crippen LogP contribution in [0.25, 0.3) is 0 Å². The minimum absolute atomic E-state index is 0.134. The van der Waals surface area contributed by atoms with Gasteiger partial charge in [-0.1, -0.05) is 12.7 Å². The van der Waals surface area contributed by atoms with E-state index >= 15 is 0 Å². The molecule has 0 aliphatic heterocycles. The SMILES string of the molecule is C=CCOC(=O)NCC(CNC(C)=O)c1ccco1. The fraction of sp³-hybridized carbons (Fsp3) is 0.385.